The van der Waals surface area contributed by atoms with E-state index in [1.165, 1.54) is 11.6 Å². The van der Waals surface area contributed by atoms with Crippen LogP contribution in [0.5, 0.6) is 0 Å². The van der Waals surface area contributed by atoms with Crippen LogP contribution in [0.3, 0.4) is 0 Å². The zero-order chi connectivity index (χ0) is 15.2. The van der Waals surface area contributed by atoms with Crippen molar-refractivity contribution < 1.29 is 4.92 Å². The van der Waals surface area contributed by atoms with Gasteiger partial charge in [0.25, 0.3) is 5.69 Å². The lowest BCUT2D eigenvalue weighted by Gasteiger charge is -2.17. The smallest absolute Gasteiger partial charge is 0.274 e. The van der Waals surface area contributed by atoms with Gasteiger partial charge in [-0.3, -0.25) is 10.1 Å². The molecule has 0 fully saturated rings. The van der Waals surface area contributed by atoms with E-state index in [1.807, 2.05) is 24.3 Å². The highest BCUT2D eigenvalue weighted by molar-refractivity contribution is 5.60. The van der Waals surface area contributed by atoms with Crippen LogP contribution in [0.25, 0.3) is 0 Å². The molecule has 110 valence electrons. The molecule has 0 radical (unpaired) electrons. The van der Waals surface area contributed by atoms with Gasteiger partial charge in [-0.05, 0) is 38.3 Å². The first-order chi connectivity index (χ1) is 10.1. The molecule has 0 aliphatic heterocycles. The van der Waals surface area contributed by atoms with E-state index >= 15 is 0 Å². The molecule has 1 atom stereocenters. The number of nitro benzene ring substituents is 1. The number of aryl methyl sites for hydroxylation is 1. The molecule has 1 unspecified atom stereocenters. The fourth-order valence-corrected chi connectivity index (χ4v) is 2.34. The first kappa shape index (κ1) is 15.0. The largest absolute Gasteiger partial charge is 0.382 e. The number of anilines is 1. The number of nitrogens with one attached hydrogen (secondary N) is 1. The fourth-order valence-electron chi connectivity index (χ4n) is 2.34. The Kier molecular flexibility index (Phi) is 4.93. The number of nitro groups is 1. The minimum atomic E-state index is -0.338. The standard InChI is InChI=1S/C17H20N2O2/c1-13(11-12-15-7-4-3-5-8-15)18-16-9-6-10-17(14(16)2)19(20)21/h3-10,13,18H,11-12H2,1-2H3. The van der Waals surface area contributed by atoms with E-state index in [1.54, 1.807) is 13.0 Å². The quantitative estimate of drug-likeness (QED) is 0.634. The summed E-state index contributed by atoms with van der Waals surface area (Å²) in [6.07, 6.45) is 1.97. The van der Waals surface area contributed by atoms with Crippen LogP contribution in [0, 0.1) is 17.0 Å². The van der Waals surface area contributed by atoms with Crippen molar-refractivity contribution in [1.82, 2.24) is 0 Å². The van der Waals surface area contributed by atoms with E-state index < -0.39 is 0 Å². The number of hydrogen-bond donors (Lipinski definition) is 1. The molecule has 0 aromatic heterocycles. The van der Waals surface area contributed by atoms with Crippen molar-refractivity contribution >= 4 is 11.4 Å². The molecule has 0 heterocycles. The Balaban J connectivity index is 1.98. The van der Waals surface area contributed by atoms with Crippen LogP contribution >= 0.6 is 0 Å². The molecule has 0 aliphatic carbocycles. The summed E-state index contributed by atoms with van der Waals surface area (Å²) >= 11 is 0. The average Bonchev–Trinajstić information content (AvgIpc) is 2.48. The van der Waals surface area contributed by atoms with Gasteiger partial charge in [-0.1, -0.05) is 36.4 Å². The maximum Gasteiger partial charge on any atom is 0.274 e. The summed E-state index contributed by atoms with van der Waals surface area (Å²) in [5, 5.41) is 14.3. The third-order valence-corrected chi connectivity index (χ3v) is 3.61. The Bertz CT molecular complexity index is 611. The van der Waals surface area contributed by atoms with Gasteiger partial charge in [0.2, 0.25) is 0 Å². The van der Waals surface area contributed by atoms with Gasteiger partial charge in [-0.15, -0.1) is 0 Å². The molecule has 4 heteroatoms. The highest BCUT2D eigenvalue weighted by Crippen LogP contribution is 2.26. The van der Waals surface area contributed by atoms with Gasteiger partial charge in [0.15, 0.2) is 0 Å². The maximum atomic E-state index is 10.9. The monoisotopic (exact) mass is 284 g/mol. The summed E-state index contributed by atoms with van der Waals surface area (Å²) in [4.78, 5) is 10.6. The van der Waals surface area contributed by atoms with Gasteiger partial charge >= 0.3 is 0 Å². The van der Waals surface area contributed by atoms with E-state index in [0.29, 0.717) is 5.56 Å². The first-order valence-corrected chi connectivity index (χ1v) is 7.12. The normalized spacial score (nSPS) is 11.9. The third-order valence-electron chi connectivity index (χ3n) is 3.61. The van der Waals surface area contributed by atoms with Crippen LogP contribution in [0.2, 0.25) is 0 Å². The number of nitrogens with zero attached hydrogens (tertiary/aromatic N) is 1. The Morgan fingerprint density at radius 1 is 1.14 bits per heavy atom. The summed E-state index contributed by atoms with van der Waals surface area (Å²) in [6.45, 7) is 3.88. The Morgan fingerprint density at radius 3 is 2.52 bits per heavy atom. The highest BCUT2D eigenvalue weighted by atomic mass is 16.6. The van der Waals surface area contributed by atoms with E-state index in [4.69, 9.17) is 0 Å². The van der Waals surface area contributed by atoms with E-state index in [2.05, 4.69) is 24.4 Å². The third kappa shape index (κ3) is 4.05. The van der Waals surface area contributed by atoms with Crippen molar-refractivity contribution in [1.29, 1.82) is 0 Å². The first-order valence-electron chi connectivity index (χ1n) is 7.12. The Morgan fingerprint density at radius 2 is 1.86 bits per heavy atom. The van der Waals surface area contributed by atoms with Gasteiger partial charge in [-0.2, -0.15) is 0 Å². The zero-order valence-electron chi connectivity index (χ0n) is 12.4. The van der Waals surface area contributed by atoms with Crippen LogP contribution in [0.1, 0.15) is 24.5 Å². The minimum absolute atomic E-state index is 0.162. The molecule has 0 amide bonds. The summed E-state index contributed by atoms with van der Waals surface area (Å²) in [7, 11) is 0. The lowest BCUT2D eigenvalue weighted by Crippen LogP contribution is -2.17. The molecule has 0 bridgehead atoms. The van der Waals surface area contributed by atoms with Crippen molar-refractivity contribution in [3.8, 4) is 0 Å². The summed E-state index contributed by atoms with van der Waals surface area (Å²) in [5.74, 6) is 0. The molecule has 1 N–H and O–H groups in total. The SMILES string of the molecule is Cc1c(NC(C)CCc2ccccc2)cccc1[N+](=O)[O-]. The van der Waals surface area contributed by atoms with E-state index in [-0.39, 0.29) is 16.7 Å². The molecular formula is C17H20N2O2. The lowest BCUT2D eigenvalue weighted by molar-refractivity contribution is -0.385. The summed E-state index contributed by atoms with van der Waals surface area (Å²) < 4.78 is 0. The Hall–Kier alpha value is -2.36. The topological polar surface area (TPSA) is 55.2 Å². The second-order valence-electron chi connectivity index (χ2n) is 5.28. The molecule has 4 nitrogen and oxygen atoms in total. The molecule has 0 saturated carbocycles. The van der Waals surface area contributed by atoms with Crippen LogP contribution in [-0.2, 0) is 6.42 Å². The predicted octanol–water partition coefficient (Wildman–Crippen LogP) is 4.34. The molecule has 21 heavy (non-hydrogen) atoms. The van der Waals surface area contributed by atoms with Crippen molar-refractivity contribution in [3.05, 3.63) is 69.8 Å². The van der Waals surface area contributed by atoms with Crippen molar-refractivity contribution in [2.75, 3.05) is 5.32 Å². The van der Waals surface area contributed by atoms with Crippen LogP contribution < -0.4 is 5.32 Å². The van der Waals surface area contributed by atoms with Gasteiger partial charge in [-0.25, -0.2) is 0 Å². The van der Waals surface area contributed by atoms with E-state index in [9.17, 15) is 10.1 Å². The van der Waals surface area contributed by atoms with Crippen molar-refractivity contribution in [2.45, 2.75) is 32.7 Å². The number of benzene rings is 2. The molecule has 0 aliphatic rings. The zero-order valence-corrected chi connectivity index (χ0v) is 12.4. The minimum Gasteiger partial charge on any atom is -0.382 e. The summed E-state index contributed by atoms with van der Waals surface area (Å²) in [6, 6.07) is 15.7. The van der Waals surface area contributed by atoms with Crippen molar-refractivity contribution in [3.63, 3.8) is 0 Å². The number of rotatable bonds is 6. The van der Waals surface area contributed by atoms with Crippen LogP contribution in [0.15, 0.2) is 48.5 Å². The predicted molar refractivity (Wildman–Crippen MR) is 85.7 cm³/mol. The van der Waals surface area contributed by atoms with Crippen molar-refractivity contribution in [2.24, 2.45) is 0 Å². The maximum absolute atomic E-state index is 10.9. The molecular weight excluding hydrogens is 264 g/mol. The van der Waals surface area contributed by atoms with Gasteiger partial charge in [0, 0.05) is 23.4 Å². The van der Waals surface area contributed by atoms with Gasteiger partial charge < -0.3 is 5.32 Å². The highest BCUT2D eigenvalue weighted by Gasteiger charge is 2.14. The molecule has 2 aromatic carbocycles. The van der Waals surface area contributed by atoms with Gasteiger partial charge in [0.1, 0.15) is 0 Å². The van der Waals surface area contributed by atoms with Crippen LogP contribution in [0.4, 0.5) is 11.4 Å². The average molecular weight is 284 g/mol. The molecule has 2 rings (SSSR count). The second kappa shape index (κ2) is 6.88. The lowest BCUT2D eigenvalue weighted by atomic mass is 10.1. The molecule has 0 spiro atoms. The van der Waals surface area contributed by atoms with Gasteiger partial charge in [0.05, 0.1) is 4.92 Å². The Labute approximate surface area is 125 Å². The van der Waals surface area contributed by atoms with Crippen LogP contribution in [-0.4, -0.2) is 11.0 Å². The molecule has 0 saturated heterocycles. The fraction of sp³-hybridized carbons (Fsp3) is 0.294. The summed E-state index contributed by atoms with van der Waals surface area (Å²) in [5.41, 5.74) is 3.00. The second-order valence-corrected chi connectivity index (χ2v) is 5.28. The molecule has 2 aromatic rings. The number of hydrogen-bond acceptors (Lipinski definition) is 3. The van der Waals surface area contributed by atoms with E-state index in [0.717, 1.165) is 18.5 Å².